The highest BCUT2D eigenvalue weighted by Gasteiger charge is 2.56. The van der Waals surface area contributed by atoms with Gasteiger partial charge in [0.05, 0.1) is 33.1 Å². The molecule has 11 heteroatoms. The van der Waals surface area contributed by atoms with Crippen molar-refractivity contribution >= 4 is 57.3 Å². The van der Waals surface area contributed by atoms with E-state index in [1.165, 1.54) is 37.5 Å². The predicted molar refractivity (Wildman–Crippen MR) is 154 cm³/mol. The number of ether oxygens (including phenoxy) is 1. The van der Waals surface area contributed by atoms with Gasteiger partial charge in [0, 0.05) is 34.8 Å². The zero-order valence-electron chi connectivity index (χ0n) is 21.9. The number of hydrogen-bond acceptors (Lipinski definition) is 8. The molecular formula is C30H23IN2O8. The SMILES string of the molecule is COc1cc([C@H]2C3=CC[C@@H]4C(=O)N(c5cccc([N+](=O)[O-])c5)C(=O)[C@@H]4[C@@H]3CC3=C2C(=O)C=C(C)C3=O)cc(I)c1O. The number of imide groups is 1. The first-order valence-corrected chi connectivity index (χ1v) is 14.0. The first-order valence-electron chi connectivity index (χ1n) is 12.9. The second-order valence-electron chi connectivity index (χ2n) is 10.6. The van der Waals surface area contributed by atoms with Gasteiger partial charge in [-0.1, -0.05) is 17.7 Å². The molecule has 1 aliphatic heterocycles. The maximum Gasteiger partial charge on any atom is 0.271 e. The molecule has 4 aliphatic rings. The van der Waals surface area contributed by atoms with E-state index in [9.17, 15) is 34.4 Å². The van der Waals surface area contributed by atoms with Gasteiger partial charge in [-0.25, -0.2) is 4.90 Å². The van der Waals surface area contributed by atoms with Crippen LogP contribution in [0.15, 0.2) is 70.8 Å². The van der Waals surface area contributed by atoms with E-state index in [0.717, 1.165) is 10.5 Å². The number of aromatic hydroxyl groups is 1. The fourth-order valence-corrected chi connectivity index (χ4v) is 7.30. The molecule has 0 aromatic heterocycles. The number of amides is 2. The van der Waals surface area contributed by atoms with E-state index in [1.807, 2.05) is 28.7 Å². The summed E-state index contributed by atoms with van der Waals surface area (Å²) in [5, 5.41) is 21.8. The van der Waals surface area contributed by atoms with Crippen LogP contribution in [-0.2, 0) is 19.2 Å². The number of phenols is 1. The maximum absolute atomic E-state index is 14.0. The number of carbonyl (C=O) groups excluding carboxylic acids is 4. The largest absolute Gasteiger partial charge is 0.504 e. The monoisotopic (exact) mass is 666 g/mol. The summed E-state index contributed by atoms with van der Waals surface area (Å²) in [5.41, 5.74) is 2.21. The van der Waals surface area contributed by atoms with Gasteiger partial charge in [0.2, 0.25) is 11.8 Å². The third kappa shape index (κ3) is 4.04. The molecular weight excluding hydrogens is 643 g/mol. The van der Waals surface area contributed by atoms with Crippen LogP contribution in [0.5, 0.6) is 11.5 Å². The lowest BCUT2D eigenvalue weighted by atomic mass is 9.59. The molecule has 2 amide bonds. The van der Waals surface area contributed by atoms with Crippen LogP contribution in [0.4, 0.5) is 11.4 Å². The van der Waals surface area contributed by atoms with Crippen molar-refractivity contribution in [2.75, 3.05) is 12.0 Å². The summed E-state index contributed by atoms with van der Waals surface area (Å²) < 4.78 is 5.86. The summed E-state index contributed by atoms with van der Waals surface area (Å²) in [7, 11) is 1.42. The van der Waals surface area contributed by atoms with Gasteiger partial charge < -0.3 is 9.84 Å². The van der Waals surface area contributed by atoms with E-state index in [0.29, 0.717) is 25.9 Å². The van der Waals surface area contributed by atoms with Crippen LogP contribution in [0.1, 0.15) is 31.2 Å². The molecule has 0 saturated carbocycles. The number of allylic oxidation sites excluding steroid dienone is 6. The molecule has 1 fully saturated rings. The van der Waals surface area contributed by atoms with E-state index in [1.54, 1.807) is 19.1 Å². The zero-order valence-corrected chi connectivity index (χ0v) is 24.1. The number of nitrogens with zero attached hydrogens (tertiary/aromatic N) is 2. The number of methoxy groups -OCH3 is 1. The lowest BCUT2D eigenvalue weighted by molar-refractivity contribution is -0.384. The third-order valence-electron chi connectivity index (χ3n) is 8.46. The number of Topliss-reactive ketones (excluding diaryl/α,β-unsaturated/α-hetero) is 1. The number of hydrogen-bond donors (Lipinski definition) is 1. The van der Waals surface area contributed by atoms with Crippen molar-refractivity contribution in [3.63, 3.8) is 0 Å². The molecule has 0 bridgehead atoms. The number of benzene rings is 2. The number of non-ortho nitro benzene ring substituents is 1. The molecule has 0 radical (unpaired) electrons. The summed E-state index contributed by atoms with van der Waals surface area (Å²) >= 11 is 1.97. The van der Waals surface area contributed by atoms with Gasteiger partial charge in [0.25, 0.3) is 5.69 Å². The summed E-state index contributed by atoms with van der Waals surface area (Å²) in [6.07, 6.45) is 3.56. The number of halogens is 1. The molecule has 2 aromatic carbocycles. The molecule has 1 N–H and O–H groups in total. The molecule has 6 rings (SSSR count). The Bertz CT molecular complexity index is 1700. The van der Waals surface area contributed by atoms with Crippen molar-refractivity contribution in [2.24, 2.45) is 17.8 Å². The van der Waals surface area contributed by atoms with Gasteiger partial charge in [0.15, 0.2) is 23.1 Å². The fraction of sp³-hybridized carbons (Fsp3) is 0.267. The van der Waals surface area contributed by atoms with E-state index in [-0.39, 0.29) is 47.3 Å². The summed E-state index contributed by atoms with van der Waals surface area (Å²) in [6.45, 7) is 1.58. The number of ketones is 2. The molecule has 1 heterocycles. The molecule has 0 unspecified atom stereocenters. The van der Waals surface area contributed by atoms with Crippen LogP contribution >= 0.6 is 22.6 Å². The van der Waals surface area contributed by atoms with Crippen molar-refractivity contribution in [3.8, 4) is 11.5 Å². The van der Waals surface area contributed by atoms with Gasteiger partial charge in [-0.05, 0) is 78.1 Å². The van der Waals surface area contributed by atoms with Gasteiger partial charge in [-0.15, -0.1) is 0 Å². The van der Waals surface area contributed by atoms with E-state index >= 15 is 0 Å². The minimum absolute atomic E-state index is 0.0537. The zero-order chi connectivity index (χ0) is 29.3. The summed E-state index contributed by atoms with van der Waals surface area (Å²) in [6, 6.07) is 8.75. The Kier molecular flexibility index (Phi) is 6.44. The van der Waals surface area contributed by atoms with Gasteiger partial charge in [-0.3, -0.25) is 29.3 Å². The van der Waals surface area contributed by atoms with E-state index < -0.39 is 40.4 Å². The predicted octanol–water partition coefficient (Wildman–Crippen LogP) is 4.55. The maximum atomic E-state index is 14.0. The molecule has 1 saturated heterocycles. The van der Waals surface area contributed by atoms with Crippen LogP contribution in [0.25, 0.3) is 0 Å². The number of nitro groups is 1. The Hall–Kier alpha value is -4.13. The molecule has 4 atom stereocenters. The fourth-order valence-electron chi connectivity index (χ4n) is 6.68. The number of fused-ring (bicyclic) bond motifs is 3. The van der Waals surface area contributed by atoms with Crippen molar-refractivity contribution < 1.29 is 33.9 Å². The number of nitro benzene ring substituents is 1. The highest BCUT2D eigenvalue weighted by molar-refractivity contribution is 14.1. The van der Waals surface area contributed by atoms with Gasteiger partial charge >= 0.3 is 0 Å². The smallest absolute Gasteiger partial charge is 0.271 e. The lowest BCUT2D eigenvalue weighted by Gasteiger charge is -2.42. The first-order chi connectivity index (χ1) is 19.5. The van der Waals surface area contributed by atoms with E-state index in [4.69, 9.17) is 4.74 Å². The normalized spacial score (nSPS) is 25.4. The van der Waals surface area contributed by atoms with Gasteiger partial charge in [0.1, 0.15) is 0 Å². The Balaban J connectivity index is 1.49. The van der Waals surface area contributed by atoms with Crippen LogP contribution in [-0.4, -0.2) is 40.5 Å². The molecule has 2 aromatic rings. The van der Waals surface area contributed by atoms with E-state index in [2.05, 4.69) is 0 Å². The number of phenolic OH excluding ortho intramolecular Hbond substituents is 1. The van der Waals surface area contributed by atoms with Crippen molar-refractivity contribution in [3.05, 3.63) is 90.1 Å². The minimum atomic E-state index is -0.814. The highest BCUT2D eigenvalue weighted by atomic mass is 127. The average molecular weight is 666 g/mol. The third-order valence-corrected chi connectivity index (χ3v) is 9.29. The Morgan fingerprint density at radius 1 is 1.10 bits per heavy atom. The Morgan fingerprint density at radius 2 is 1.85 bits per heavy atom. The highest BCUT2D eigenvalue weighted by Crippen LogP contribution is 2.56. The Labute approximate surface area is 247 Å². The molecule has 0 spiro atoms. The van der Waals surface area contributed by atoms with Crippen molar-refractivity contribution in [1.82, 2.24) is 0 Å². The molecule has 3 aliphatic carbocycles. The minimum Gasteiger partial charge on any atom is -0.504 e. The topological polar surface area (TPSA) is 144 Å². The Morgan fingerprint density at radius 3 is 2.56 bits per heavy atom. The van der Waals surface area contributed by atoms with Crippen LogP contribution in [0, 0.1) is 31.4 Å². The van der Waals surface area contributed by atoms with Crippen molar-refractivity contribution in [2.45, 2.75) is 25.7 Å². The van der Waals surface area contributed by atoms with Crippen molar-refractivity contribution in [1.29, 1.82) is 0 Å². The quantitative estimate of drug-likeness (QED) is 0.125. The van der Waals surface area contributed by atoms with Gasteiger partial charge in [-0.2, -0.15) is 0 Å². The number of carbonyl (C=O) groups is 4. The first kappa shape index (κ1) is 27.1. The number of rotatable bonds is 4. The molecule has 10 nitrogen and oxygen atoms in total. The standard InChI is InChI=1S/C30H23IN2O8/c1-13-8-22(34)26-20(27(13)35)12-19-17(24(26)14-9-21(31)28(36)23(10-14)41-2)6-7-18-25(19)30(38)32(29(18)37)15-4-3-5-16(11-15)33(39)40/h3-6,8-11,18-19,24-25,36H,7,12H2,1-2H3/t18-,19+,24-,25-/m0/s1. The number of anilines is 1. The summed E-state index contributed by atoms with van der Waals surface area (Å²) in [5.74, 6) is -4.13. The molecule has 208 valence electrons. The molecule has 41 heavy (non-hydrogen) atoms. The lowest BCUT2D eigenvalue weighted by Crippen LogP contribution is -2.39. The van der Waals surface area contributed by atoms with Crippen LogP contribution in [0.3, 0.4) is 0 Å². The van der Waals surface area contributed by atoms with Crippen LogP contribution in [0.2, 0.25) is 0 Å². The second kappa shape index (κ2) is 9.75. The van der Waals surface area contributed by atoms with Crippen LogP contribution < -0.4 is 9.64 Å². The average Bonchev–Trinajstić information content (AvgIpc) is 3.21. The summed E-state index contributed by atoms with van der Waals surface area (Å²) in [4.78, 5) is 66.2. The second-order valence-corrected chi connectivity index (χ2v) is 11.7.